The molecular formula is C14H9F2N. The number of nitriles is 1. The van der Waals surface area contributed by atoms with Crippen LogP contribution in [-0.4, -0.2) is 0 Å². The lowest BCUT2D eigenvalue weighted by Gasteiger charge is -2.08. The van der Waals surface area contributed by atoms with E-state index in [1.165, 1.54) is 6.07 Å². The van der Waals surface area contributed by atoms with E-state index in [9.17, 15) is 8.78 Å². The van der Waals surface area contributed by atoms with Gasteiger partial charge in [-0.25, -0.2) is 8.78 Å². The van der Waals surface area contributed by atoms with Crippen molar-refractivity contribution in [2.45, 2.75) is 6.43 Å². The maximum absolute atomic E-state index is 12.8. The molecule has 0 N–H and O–H groups in total. The van der Waals surface area contributed by atoms with Gasteiger partial charge in [-0.2, -0.15) is 5.26 Å². The Hall–Kier alpha value is -2.21. The van der Waals surface area contributed by atoms with E-state index >= 15 is 0 Å². The van der Waals surface area contributed by atoms with E-state index in [-0.39, 0.29) is 5.56 Å². The molecular weight excluding hydrogens is 220 g/mol. The zero-order valence-corrected chi connectivity index (χ0v) is 8.90. The minimum absolute atomic E-state index is 0.0113. The summed E-state index contributed by atoms with van der Waals surface area (Å²) in [6.45, 7) is 0. The summed E-state index contributed by atoms with van der Waals surface area (Å²) in [6.07, 6.45) is -2.50. The average Bonchev–Trinajstić information content (AvgIpc) is 2.39. The Bertz CT molecular complexity index is 553. The quantitative estimate of drug-likeness (QED) is 0.758. The molecule has 2 rings (SSSR count). The first-order valence-corrected chi connectivity index (χ1v) is 5.10. The van der Waals surface area contributed by atoms with Gasteiger partial charge >= 0.3 is 0 Å². The smallest absolute Gasteiger partial charge is 0.205 e. The predicted molar refractivity (Wildman–Crippen MR) is 61.6 cm³/mol. The number of hydrogen-bond donors (Lipinski definition) is 0. The second kappa shape index (κ2) is 4.75. The molecule has 0 fully saturated rings. The number of alkyl halides is 2. The molecule has 0 bridgehead atoms. The SMILES string of the molecule is N#Cc1ccc(-c2ccccc2C(F)F)cc1. The highest BCUT2D eigenvalue weighted by atomic mass is 19.3. The van der Waals surface area contributed by atoms with Gasteiger partial charge in [0, 0.05) is 5.56 Å². The zero-order valence-electron chi connectivity index (χ0n) is 8.90. The zero-order chi connectivity index (χ0) is 12.3. The van der Waals surface area contributed by atoms with Gasteiger partial charge in [0.25, 0.3) is 6.43 Å². The van der Waals surface area contributed by atoms with Gasteiger partial charge in [-0.05, 0) is 23.3 Å². The van der Waals surface area contributed by atoms with Crippen molar-refractivity contribution in [2.75, 3.05) is 0 Å². The Balaban J connectivity index is 2.49. The highest BCUT2D eigenvalue weighted by molar-refractivity contribution is 5.68. The van der Waals surface area contributed by atoms with Crippen LogP contribution in [0.2, 0.25) is 0 Å². The Kier molecular flexibility index (Phi) is 3.15. The molecule has 0 unspecified atom stereocenters. The maximum Gasteiger partial charge on any atom is 0.264 e. The van der Waals surface area contributed by atoms with Crippen molar-refractivity contribution in [1.82, 2.24) is 0 Å². The van der Waals surface area contributed by atoms with Crippen LogP contribution in [0.25, 0.3) is 11.1 Å². The first-order valence-electron chi connectivity index (χ1n) is 5.10. The molecule has 2 aromatic rings. The maximum atomic E-state index is 12.8. The number of hydrogen-bond acceptors (Lipinski definition) is 1. The van der Waals surface area contributed by atoms with E-state index in [0.717, 1.165) is 0 Å². The van der Waals surface area contributed by atoms with Crippen molar-refractivity contribution in [3.63, 3.8) is 0 Å². The van der Waals surface area contributed by atoms with Crippen LogP contribution in [0, 0.1) is 11.3 Å². The van der Waals surface area contributed by atoms with Crippen LogP contribution in [0.15, 0.2) is 48.5 Å². The first-order chi connectivity index (χ1) is 8.22. The fraction of sp³-hybridized carbons (Fsp3) is 0.0714. The normalized spacial score (nSPS) is 10.2. The van der Waals surface area contributed by atoms with Crippen molar-refractivity contribution < 1.29 is 8.78 Å². The molecule has 0 saturated carbocycles. The van der Waals surface area contributed by atoms with Gasteiger partial charge in [-0.15, -0.1) is 0 Å². The molecule has 3 heteroatoms. The van der Waals surface area contributed by atoms with Gasteiger partial charge in [0.15, 0.2) is 0 Å². The Morgan fingerprint density at radius 2 is 1.59 bits per heavy atom. The summed E-state index contributed by atoms with van der Waals surface area (Å²) in [4.78, 5) is 0. The van der Waals surface area contributed by atoms with Crippen molar-refractivity contribution in [3.05, 3.63) is 59.7 Å². The van der Waals surface area contributed by atoms with Crippen LogP contribution >= 0.6 is 0 Å². The van der Waals surface area contributed by atoms with Gasteiger partial charge in [0.1, 0.15) is 0 Å². The second-order valence-corrected chi connectivity index (χ2v) is 3.58. The molecule has 0 atom stereocenters. The second-order valence-electron chi connectivity index (χ2n) is 3.58. The molecule has 0 aliphatic carbocycles. The molecule has 0 heterocycles. The number of benzene rings is 2. The molecule has 0 amide bonds. The standard InChI is InChI=1S/C14H9F2N/c15-14(16)13-4-2-1-3-12(13)11-7-5-10(9-17)6-8-11/h1-8,14H. The van der Waals surface area contributed by atoms with E-state index < -0.39 is 6.43 Å². The minimum atomic E-state index is -2.50. The fourth-order valence-electron chi connectivity index (χ4n) is 1.67. The molecule has 1 nitrogen and oxygen atoms in total. The highest BCUT2D eigenvalue weighted by Crippen LogP contribution is 2.30. The van der Waals surface area contributed by atoms with Gasteiger partial charge in [-0.1, -0.05) is 36.4 Å². The monoisotopic (exact) mass is 229 g/mol. The fourth-order valence-corrected chi connectivity index (χ4v) is 1.67. The van der Waals surface area contributed by atoms with Gasteiger partial charge in [-0.3, -0.25) is 0 Å². The topological polar surface area (TPSA) is 23.8 Å². The highest BCUT2D eigenvalue weighted by Gasteiger charge is 2.12. The van der Waals surface area contributed by atoms with Crippen LogP contribution in [-0.2, 0) is 0 Å². The third-order valence-electron chi connectivity index (χ3n) is 2.52. The number of halogens is 2. The van der Waals surface area contributed by atoms with E-state index in [4.69, 9.17) is 5.26 Å². The molecule has 0 aliphatic rings. The predicted octanol–water partition coefficient (Wildman–Crippen LogP) is 4.16. The van der Waals surface area contributed by atoms with Crippen LogP contribution in [0.1, 0.15) is 17.6 Å². The molecule has 2 aromatic carbocycles. The molecule has 84 valence electrons. The van der Waals surface area contributed by atoms with Gasteiger partial charge in [0.05, 0.1) is 11.6 Å². The summed E-state index contributed by atoms with van der Waals surface area (Å²) in [7, 11) is 0. The Morgan fingerprint density at radius 1 is 0.941 bits per heavy atom. The van der Waals surface area contributed by atoms with Crippen LogP contribution in [0.5, 0.6) is 0 Å². The third-order valence-corrected chi connectivity index (χ3v) is 2.52. The van der Waals surface area contributed by atoms with Crippen molar-refractivity contribution >= 4 is 0 Å². The Morgan fingerprint density at radius 3 is 2.18 bits per heavy atom. The Labute approximate surface area is 97.9 Å². The van der Waals surface area contributed by atoms with Gasteiger partial charge < -0.3 is 0 Å². The lowest BCUT2D eigenvalue weighted by molar-refractivity contribution is 0.152. The molecule has 0 radical (unpaired) electrons. The molecule has 17 heavy (non-hydrogen) atoms. The van der Waals surface area contributed by atoms with E-state index in [1.54, 1.807) is 42.5 Å². The summed E-state index contributed by atoms with van der Waals surface area (Å²) >= 11 is 0. The van der Waals surface area contributed by atoms with Crippen molar-refractivity contribution in [3.8, 4) is 17.2 Å². The van der Waals surface area contributed by atoms with Crippen LogP contribution in [0.4, 0.5) is 8.78 Å². The molecule has 0 spiro atoms. The average molecular weight is 229 g/mol. The minimum Gasteiger partial charge on any atom is -0.205 e. The van der Waals surface area contributed by atoms with Crippen LogP contribution in [0.3, 0.4) is 0 Å². The lowest BCUT2D eigenvalue weighted by atomic mass is 9.99. The number of nitrogens with zero attached hydrogens (tertiary/aromatic N) is 1. The first kappa shape index (κ1) is 11.3. The summed E-state index contributed by atoms with van der Waals surface area (Å²) in [5, 5.41) is 8.67. The largest absolute Gasteiger partial charge is 0.264 e. The van der Waals surface area contributed by atoms with Gasteiger partial charge in [0.2, 0.25) is 0 Å². The van der Waals surface area contributed by atoms with E-state index in [0.29, 0.717) is 16.7 Å². The molecule has 0 saturated heterocycles. The lowest BCUT2D eigenvalue weighted by Crippen LogP contribution is -1.89. The summed E-state index contributed by atoms with van der Waals surface area (Å²) in [6, 6.07) is 15.0. The van der Waals surface area contributed by atoms with Crippen LogP contribution < -0.4 is 0 Å². The summed E-state index contributed by atoms with van der Waals surface area (Å²) in [5.41, 5.74) is 1.73. The van der Waals surface area contributed by atoms with E-state index in [2.05, 4.69) is 0 Å². The summed E-state index contributed by atoms with van der Waals surface area (Å²) in [5.74, 6) is 0. The summed E-state index contributed by atoms with van der Waals surface area (Å²) < 4.78 is 25.6. The number of rotatable bonds is 2. The third kappa shape index (κ3) is 2.31. The van der Waals surface area contributed by atoms with Crippen molar-refractivity contribution in [2.24, 2.45) is 0 Å². The molecule has 0 aromatic heterocycles. The molecule has 0 aliphatic heterocycles. The van der Waals surface area contributed by atoms with E-state index in [1.807, 2.05) is 6.07 Å². The van der Waals surface area contributed by atoms with Crippen molar-refractivity contribution in [1.29, 1.82) is 5.26 Å².